The molecular weight excluding hydrogens is 268 g/mol. The first kappa shape index (κ1) is 14.9. The van der Waals surface area contributed by atoms with Crippen LogP contribution in [0.1, 0.15) is 22.8 Å². The van der Waals surface area contributed by atoms with Crippen molar-refractivity contribution in [3.05, 3.63) is 53.6 Å². The van der Waals surface area contributed by atoms with Crippen molar-refractivity contribution in [3.63, 3.8) is 0 Å². The fourth-order valence-corrected chi connectivity index (χ4v) is 2.04. The lowest BCUT2D eigenvalue weighted by Gasteiger charge is -2.10. The van der Waals surface area contributed by atoms with Gasteiger partial charge in [-0.1, -0.05) is 12.1 Å². The molecular formula is C17H18O4. The van der Waals surface area contributed by atoms with Crippen LogP contribution in [-0.4, -0.2) is 26.6 Å². The first-order valence-corrected chi connectivity index (χ1v) is 6.69. The average molecular weight is 286 g/mol. The van der Waals surface area contributed by atoms with E-state index in [9.17, 15) is 4.79 Å². The normalized spacial score (nSPS) is 10.0. The van der Waals surface area contributed by atoms with Gasteiger partial charge in [-0.25, -0.2) is 0 Å². The van der Waals surface area contributed by atoms with Gasteiger partial charge in [0.2, 0.25) is 0 Å². The van der Waals surface area contributed by atoms with Crippen LogP contribution in [0.2, 0.25) is 0 Å². The van der Waals surface area contributed by atoms with Crippen molar-refractivity contribution in [3.8, 4) is 17.2 Å². The lowest BCUT2D eigenvalue weighted by atomic mass is 10.0. The summed E-state index contributed by atoms with van der Waals surface area (Å²) >= 11 is 0. The Hall–Kier alpha value is -2.49. The van der Waals surface area contributed by atoms with E-state index in [2.05, 4.69) is 0 Å². The number of hydrogen-bond acceptors (Lipinski definition) is 4. The zero-order valence-electron chi connectivity index (χ0n) is 12.4. The topological polar surface area (TPSA) is 44.8 Å². The van der Waals surface area contributed by atoms with Crippen LogP contribution in [0.15, 0.2) is 42.5 Å². The lowest BCUT2D eigenvalue weighted by Crippen LogP contribution is -2.05. The highest BCUT2D eigenvalue weighted by atomic mass is 16.5. The largest absolute Gasteiger partial charge is 0.497 e. The Morgan fingerprint density at radius 1 is 1.00 bits per heavy atom. The summed E-state index contributed by atoms with van der Waals surface area (Å²) in [5.74, 6) is 1.67. The minimum Gasteiger partial charge on any atom is -0.497 e. The molecule has 0 saturated carbocycles. The molecule has 0 aliphatic heterocycles. The highest BCUT2D eigenvalue weighted by molar-refractivity contribution is 6.11. The smallest absolute Gasteiger partial charge is 0.197 e. The van der Waals surface area contributed by atoms with Crippen LogP contribution in [0.25, 0.3) is 0 Å². The third-order valence-electron chi connectivity index (χ3n) is 3.06. The van der Waals surface area contributed by atoms with Crippen molar-refractivity contribution in [2.45, 2.75) is 6.92 Å². The van der Waals surface area contributed by atoms with E-state index in [0.717, 1.165) is 0 Å². The van der Waals surface area contributed by atoms with Gasteiger partial charge in [0.05, 0.1) is 26.4 Å². The Morgan fingerprint density at radius 2 is 1.81 bits per heavy atom. The van der Waals surface area contributed by atoms with Gasteiger partial charge in [0, 0.05) is 5.56 Å². The molecule has 0 atom stereocenters. The molecule has 0 unspecified atom stereocenters. The maximum Gasteiger partial charge on any atom is 0.197 e. The van der Waals surface area contributed by atoms with Gasteiger partial charge >= 0.3 is 0 Å². The number of ether oxygens (including phenoxy) is 3. The number of benzene rings is 2. The second kappa shape index (κ2) is 6.79. The van der Waals surface area contributed by atoms with Crippen LogP contribution < -0.4 is 14.2 Å². The molecule has 110 valence electrons. The monoisotopic (exact) mass is 286 g/mol. The van der Waals surface area contributed by atoms with E-state index in [1.54, 1.807) is 43.5 Å². The van der Waals surface area contributed by atoms with Gasteiger partial charge < -0.3 is 14.2 Å². The molecule has 0 bridgehead atoms. The van der Waals surface area contributed by atoms with E-state index in [0.29, 0.717) is 35.0 Å². The molecule has 21 heavy (non-hydrogen) atoms. The molecule has 0 aliphatic carbocycles. The second-order valence-corrected chi connectivity index (χ2v) is 4.36. The summed E-state index contributed by atoms with van der Waals surface area (Å²) in [5, 5.41) is 0. The number of ketones is 1. The molecule has 4 nitrogen and oxygen atoms in total. The molecule has 0 N–H and O–H groups in total. The standard InChI is InChI=1S/C17H18O4/c1-4-21-14-7-5-6-12(10-14)17(18)15-11-13(19-2)8-9-16(15)20-3/h5-11H,4H2,1-3H3. The van der Waals surface area contributed by atoms with Gasteiger partial charge in [0.15, 0.2) is 5.78 Å². The van der Waals surface area contributed by atoms with E-state index < -0.39 is 0 Å². The second-order valence-electron chi connectivity index (χ2n) is 4.36. The number of methoxy groups -OCH3 is 2. The summed E-state index contributed by atoms with van der Waals surface area (Å²) in [4.78, 5) is 12.7. The van der Waals surface area contributed by atoms with E-state index in [4.69, 9.17) is 14.2 Å². The molecule has 2 aromatic rings. The Morgan fingerprint density at radius 3 is 2.48 bits per heavy atom. The number of rotatable bonds is 6. The summed E-state index contributed by atoms with van der Waals surface area (Å²) in [5.41, 5.74) is 1.01. The minimum absolute atomic E-state index is 0.132. The van der Waals surface area contributed by atoms with Crippen molar-refractivity contribution in [2.24, 2.45) is 0 Å². The van der Waals surface area contributed by atoms with Gasteiger partial charge in [0.25, 0.3) is 0 Å². The Labute approximate surface area is 124 Å². The molecule has 2 rings (SSSR count). The zero-order valence-corrected chi connectivity index (χ0v) is 12.4. The zero-order chi connectivity index (χ0) is 15.2. The number of carbonyl (C=O) groups is 1. The summed E-state index contributed by atoms with van der Waals surface area (Å²) in [7, 11) is 3.10. The van der Waals surface area contributed by atoms with Crippen LogP contribution >= 0.6 is 0 Å². The van der Waals surface area contributed by atoms with Crippen molar-refractivity contribution in [1.29, 1.82) is 0 Å². The van der Waals surface area contributed by atoms with Crippen LogP contribution in [0, 0.1) is 0 Å². The van der Waals surface area contributed by atoms with Crippen molar-refractivity contribution in [1.82, 2.24) is 0 Å². The van der Waals surface area contributed by atoms with Gasteiger partial charge in [-0.2, -0.15) is 0 Å². The number of hydrogen-bond donors (Lipinski definition) is 0. The quantitative estimate of drug-likeness (QED) is 0.764. The summed E-state index contributed by atoms with van der Waals surface area (Å²) in [6.07, 6.45) is 0. The molecule has 0 saturated heterocycles. The maximum atomic E-state index is 12.7. The third-order valence-corrected chi connectivity index (χ3v) is 3.06. The molecule has 0 spiro atoms. The highest BCUT2D eigenvalue weighted by Gasteiger charge is 2.16. The SMILES string of the molecule is CCOc1cccc(C(=O)c2cc(OC)ccc2OC)c1. The fourth-order valence-electron chi connectivity index (χ4n) is 2.04. The summed E-state index contributed by atoms with van der Waals surface area (Å²) in [6.45, 7) is 2.46. The Kier molecular flexibility index (Phi) is 4.82. The van der Waals surface area contributed by atoms with Crippen molar-refractivity contribution in [2.75, 3.05) is 20.8 Å². The van der Waals surface area contributed by atoms with E-state index in [1.165, 1.54) is 7.11 Å². The molecule has 0 fully saturated rings. The van der Waals surface area contributed by atoms with Gasteiger partial charge in [-0.3, -0.25) is 4.79 Å². The predicted molar refractivity (Wildman–Crippen MR) is 80.6 cm³/mol. The molecule has 0 aromatic heterocycles. The minimum atomic E-state index is -0.132. The number of carbonyl (C=O) groups excluding carboxylic acids is 1. The molecule has 0 aliphatic rings. The van der Waals surface area contributed by atoms with Gasteiger partial charge in [-0.15, -0.1) is 0 Å². The van der Waals surface area contributed by atoms with Gasteiger partial charge in [0.1, 0.15) is 17.2 Å². The first-order chi connectivity index (χ1) is 10.2. The predicted octanol–water partition coefficient (Wildman–Crippen LogP) is 3.33. The van der Waals surface area contributed by atoms with Crippen LogP contribution in [0.5, 0.6) is 17.2 Å². The summed E-state index contributed by atoms with van der Waals surface area (Å²) in [6, 6.07) is 12.3. The van der Waals surface area contributed by atoms with Crippen LogP contribution in [0.4, 0.5) is 0 Å². The molecule has 4 heteroatoms. The Balaban J connectivity index is 2.41. The van der Waals surface area contributed by atoms with Gasteiger partial charge in [-0.05, 0) is 37.3 Å². The molecule has 2 aromatic carbocycles. The van der Waals surface area contributed by atoms with Crippen LogP contribution in [0.3, 0.4) is 0 Å². The fraction of sp³-hybridized carbons (Fsp3) is 0.235. The summed E-state index contributed by atoms with van der Waals surface area (Å²) < 4.78 is 15.9. The molecule has 0 radical (unpaired) electrons. The maximum absolute atomic E-state index is 12.7. The average Bonchev–Trinajstić information content (AvgIpc) is 2.54. The van der Waals surface area contributed by atoms with E-state index in [1.807, 2.05) is 13.0 Å². The van der Waals surface area contributed by atoms with E-state index >= 15 is 0 Å². The van der Waals surface area contributed by atoms with E-state index in [-0.39, 0.29) is 5.78 Å². The molecule has 0 heterocycles. The van der Waals surface area contributed by atoms with Crippen LogP contribution in [-0.2, 0) is 0 Å². The molecule has 0 amide bonds. The Bertz CT molecular complexity index is 634. The highest BCUT2D eigenvalue weighted by Crippen LogP contribution is 2.27. The first-order valence-electron chi connectivity index (χ1n) is 6.69. The lowest BCUT2D eigenvalue weighted by molar-refractivity contribution is 0.103. The van der Waals surface area contributed by atoms with Crippen molar-refractivity contribution < 1.29 is 19.0 Å². The third kappa shape index (κ3) is 3.34. The van der Waals surface area contributed by atoms with Crippen molar-refractivity contribution >= 4 is 5.78 Å².